The number of nitrogens with zero attached hydrogens (tertiary/aromatic N) is 2. The largest absolute Gasteiger partial charge is 0.493 e. The fourth-order valence-corrected chi connectivity index (χ4v) is 1.80. The topological polar surface area (TPSA) is 53.4 Å². The third kappa shape index (κ3) is 2.93. The van der Waals surface area contributed by atoms with Gasteiger partial charge < -0.3 is 9.47 Å². The van der Waals surface area contributed by atoms with Gasteiger partial charge in [-0.15, -0.1) is 0 Å². The Bertz CT molecular complexity index is 590. The van der Waals surface area contributed by atoms with Crippen molar-refractivity contribution < 1.29 is 14.3 Å². The quantitative estimate of drug-likeness (QED) is 0.772. The maximum atomic E-state index is 12.1. The van der Waals surface area contributed by atoms with Crippen LogP contribution in [-0.2, 0) is 6.54 Å². The van der Waals surface area contributed by atoms with E-state index in [0.29, 0.717) is 17.1 Å². The van der Waals surface area contributed by atoms with Gasteiger partial charge in [-0.3, -0.25) is 9.48 Å². The molecule has 0 saturated heterocycles. The van der Waals surface area contributed by atoms with Crippen LogP contribution in [-0.4, -0.2) is 29.8 Å². The summed E-state index contributed by atoms with van der Waals surface area (Å²) >= 11 is 0. The summed E-state index contributed by atoms with van der Waals surface area (Å²) in [7, 11) is 3.11. The molecule has 0 unspecified atom stereocenters. The zero-order valence-corrected chi connectivity index (χ0v) is 11.2. The van der Waals surface area contributed by atoms with Crippen molar-refractivity contribution in [3.63, 3.8) is 0 Å². The van der Waals surface area contributed by atoms with E-state index in [2.05, 4.69) is 5.10 Å². The van der Waals surface area contributed by atoms with E-state index in [4.69, 9.17) is 9.47 Å². The molecule has 0 fully saturated rings. The van der Waals surface area contributed by atoms with Gasteiger partial charge in [0, 0.05) is 11.8 Å². The van der Waals surface area contributed by atoms with Crippen molar-refractivity contribution >= 4 is 5.78 Å². The van der Waals surface area contributed by atoms with Crippen molar-refractivity contribution in [2.24, 2.45) is 0 Å². The molecular formula is C14H16N2O3. The van der Waals surface area contributed by atoms with Crippen molar-refractivity contribution in [1.29, 1.82) is 0 Å². The molecule has 0 N–H and O–H groups in total. The van der Waals surface area contributed by atoms with Crippen LogP contribution in [0.15, 0.2) is 30.5 Å². The standard InChI is InChI=1S/C14H16N2O3/c1-10-6-7-16(15-10)9-12(17)11-4-5-13(18-2)14(8-11)19-3/h4-8H,9H2,1-3H3. The third-order valence-electron chi connectivity index (χ3n) is 2.79. The molecule has 19 heavy (non-hydrogen) atoms. The number of benzene rings is 1. The van der Waals surface area contributed by atoms with Gasteiger partial charge in [-0.05, 0) is 31.2 Å². The summed E-state index contributed by atoms with van der Waals surface area (Å²) < 4.78 is 11.9. The second kappa shape index (κ2) is 5.56. The molecule has 2 aromatic rings. The van der Waals surface area contributed by atoms with Crippen LogP contribution in [0.3, 0.4) is 0 Å². The molecule has 100 valence electrons. The smallest absolute Gasteiger partial charge is 0.184 e. The van der Waals surface area contributed by atoms with Crippen molar-refractivity contribution in [3.8, 4) is 11.5 Å². The Balaban J connectivity index is 2.19. The molecule has 5 heteroatoms. The van der Waals surface area contributed by atoms with Gasteiger partial charge >= 0.3 is 0 Å². The van der Waals surface area contributed by atoms with Crippen LogP contribution in [0.25, 0.3) is 0 Å². The number of methoxy groups -OCH3 is 2. The number of ketones is 1. The number of Topliss-reactive ketones (excluding diaryl/α,β-unsaturated/α-hetero) is 1. The van der Waals surface area contributed by atoms with Crippen LogP contribution in [0.2, 0.25) is 0 Å². The Kier molecular flexibility index (Phi) is 3.85. The predicted molar refractivity (Wildman–Crippen MR) is 70.8 cm³/mol. The minimum atomic E-state index is -0.0240. The Hall–Kier alpha value is -2.30. The highest BCUT2D eigenvalue weighted by atomic mass is 16.5. The highest BCUT2D eigenvalue weighted by molar-refractivity contribution is 5.96. The van der Waals surface area contributed by atoms with Gasteiger partial charge in [0.15, 0.2) is 17.3 Å². The lowest BCUT2D eigenvalue weighted by molar-refractivity contribution is 0.0967. The van der Waals surface area contributed by atoms with Crippen molar-refractivity contribution in [3.05, 3.63) is 41.7 Å². The first-order valence-electron chi connectivity index (χ1n) is 5.89. The van der Waals surface area contributed by atoms with Crippen LogP contribution in [0.1, 0.15) is 16.1 Å². The summed E-state index contributed by atoms with van der Waals surface area (Å²) in [5, 5.41) is 4.19. The first-order valence-corrected chi connectivity index (χ1v) is 5.89. The second-order valence-electron chi connectivity index (χ2n) is 4.15. The molecule has 1 aromatic carbocycles. The van der Waals surface area contributed by atoms with Crippen LogP contribution in [0.4, 0.5) is 0 Å². The van der Waals surface area contributed by atoms with E-state index in [0.717, 1.165) is 5.69 Å². The summed E-state index contributed by atoms with van der Waals surface area (Å²) in [6.45, 7) is 2.10. The average molecular weight is 260 g/mol. The molecular weight excluding hydrogens is 244 g/mol. The lowest BCUT2D eigenvalue weighted by atomic mass is 10.1. The molecule has 0 atom stereocenters. The zero-order valence-electron chi connectivity index (χ0n) is 11.2. The van der Waals surface area contributed by atoms with Gasteiger partial charge in [0.2, 0.25) is 0 Å². The average Bonchev–Trinajstić information content (AvgIpc) is 2.83. The number of carbonyl (C=O) groups excluding carboxylic acids is 1. The van der Waals surface area contributed by atoms with Crippen molar-refractivity contribution in [1.82, 2.24) is 9.78 Å². The summed E-state index contributed by atoms with van der Waals surface area (Å²) in [5.41, 5.74) is 1.46. The van der Waals surface area contributed by atoms with E-state index in [1.54, 1.807) is 43.3 Å². The molecule has 0 aliphatic rings. The molecule has 2 rings (SSSR count). The number of aryl methyl sites for hydroxylation is 1. The molecule has 1 heterocycles. The van der Waals surface area contributed by atoms with Crippen LogP contribution in [0.5, 0.6) is 11.5 Å². The molecule has 0 saturated carbocycles. The number of hydrogen-bond donors (Lipinski definition) is 0. The maximum Gasteiger partial charge on any atom is 0.184 e. The Morgan fingerprint density at radius 3 is 2.53 bits per heavy atom. The van der Waals surface area contributed by atoms with Crippen LogP contribution in [0, 0.1) is 6.92 Å². The van der Waals surface area contributed by atoms with Gasteiger partial charge in [-0.1, -0.05) is 0 Å². The number of carbonyl (C=O) groups is 1. The number of hydrogen-bond acceptors (Lipinski definition) is 4. The molecule has 0 aliphatic carbocycles. The summed E-state index contributed by atoms with van der Waals surface area (Å²) in [6.07, 6.45) is 1.79. The lowest BCUT2D eigenvalue weighted by Gasteiger charge is -2.09. The van der Waals surface area contributed by atoms with E-state index in [1.807, 2.05) is 13.0 Å². The van der Waals surface area contributed by atoms with E-state index in [1.165, 1.54) is 0 Å². The minimum Gasteiger partial charge on any atom is -0.493 e. The van der Waals surface area contributed by atoms with Gasteiger partial charge in [0.05, 0.1) is 19.9 Å². The zero-order chi connectivity index (χ0) is 13.8. The Morgan fingerprint density at radius 1 is 1.21 bits per heavy atom. The molecule has 0 amide bonds. The Morgan fingerprint density at radius 2 is 1.95 bits per heavy atom. The van der Waals surface area contributed by atoms with Crippen molar-refractivity contribution in [2.45, 2.75) is 13.5 Å². The van der Waals surface area contributed by atoms with Crippen molar-refractivity contribution in [2.75, 3.05) is 14.2 Å². The van der Waals surface area contributed by atoms with Gasteiger partial charge in [0.25, 0.3) is 0 Å². The number of ether oxygens (including phenoxy) is 2. The molecule has 0 aliphatic heterocycles. The number of rotatable bonds is 5. The first-order chi connectivity index (χ1) is 9.13. The van der Waals surface area contributed by atoms with Crippen LogP contribution >= 0.6 is 0 Å². The predicted octanol–water partition coefficient (Wildman–Crippen LogP) is 2.09. The van der Waals surface area contributed by atoms with E-state index < -0.39 is 0 Å². The highest BCUT2D eigenvalue weighted by Crippen LogP contribution is 2.27. The lowest BCUT2D eigenvalue weighted by Crippen LogP contribution is -2.11. The highest BCUT2D eigenvalue weighted by Gasteiger charge is 2.11. The van der Waals surface area contributed by atoms with Gasteiger partial charge in [-0.25, -0.2) is 0 Å². The minimum absolute atomic E-state index is 0.0240. The summed E-state index contributed by atoms with van der Waals surface area (Å²) in [6, 6.07) is 6.99. The SMILES string of the molecule is COc1ccc(C(=O)Cn2ccc(C)n2)cc1OC. The fourth-order valence-electron chi connectivity index (χ4n) is 1.80. The monoisotopic (exact) mass is 260 g/mol. The van der Waals surface area contributed by atoms with Gasteiger partial charge in [-0.2, -0.15) is 5.10 Å². The van der Waals surface area contributed by atoms with E-state index in [9.17, 15) is 4.79 Å². The molecule has 1 aromatic heterocycles. The van der Waals surface area contributed by atoms with E-state index in [-0.39, 0.29) is 12.3 Å². The second-order valence-corrected chi connectivity index (χ2v) is 4.15. The normalized spacial score (nSPS) is 10.3. The molecule has 5 nitrogen and oxygen atoms in total. The molecule has 0 spiro atoms. The molecule has 0 bridgehead atoms. The Labute approximate surface area is 111 Å². The van der Waals surface area contributed by atoms with Crippen LogP contribution < -0.4 is 9.47 Å². The van der Waals surface area contributed by atoms with E-state index >= 15 is 0 Å². The summed E-state index contributed by atoms with van der Waals surface area (Å²) in [5.74, 6) is 1.13. The number of aromatic nitrogens is 2. The maximum absolute atomic E-state index is 12.1. The molecule has 0 radical (unpaired) electrons. The fraction of sp³-hybridized carbons (Fsp3) is 0.286. The third-order valence-corrected chi connectivity index (χ3v) is 2.79. The first kappa shape index (κ1) is 13.1. The summed E-state index contributed by atoms with van der Waals surface area (Å²) in [4.78, 5) is 12.1. The van der Waals surface area contributed by atoms with Gasteiger partial charge in [0.1, 0.15) is 6.54 Å².